The Morgan fingerprint density at radius 3 is 3.12 bits per heavy atom. The van der Waals surface area contributed by atoms with Crippen LogP contribution in [0.2, 0.25) is 0 Å². The molecule has 1 fully saturated rings. The SMILES string of the molecule is O=C(Nc1ccc(Br)cn1)C1COCCN1. The van der Waals surface area contributed by atoms with Crippen LogP contribution in [0.1, 0.15) is 0 Å². The van der Waals surface area contributed by atoms with E-state index in [1.807, 2.05) is 6.07 Å². The van der Waals surface area contributed by atoms with E-state index in [0.29, 0.717) is 25.6 Å². The first-order valence-electron chi connectivity index (χ1n) is 4.99. The van der Waals surface area contributed by atoms with Crippen molar-refractivity contribution in [3.05, 3.63) is 22.8 Å². The molecular formula is C10H12BrN3O2. The van der Waals surface area contributed by atoms with Crippen molar-refractivity contribution in [2.24, 2.45) is 0 Å². The van der Waals surface area contributed by atoms with Gasteiger partial charge in [-0.15, -0.1) is 0 Å². The molecule has 2 heterocycles. The smallest absolute Gasteiger partial charge is 0.245 e. The summed E-state index contributed by atoms with van der Waals surface area (Å²) in [5.74, 6) is 0.426. The Kier molecular flexibility index (Phi) is 3.87. The Morgan fingerprint density at radius 2 is 2.50 bits per heavy atom. The van der Waals surface area contributed by atoms with Crippen molar-refractivity contribution < 1.29 is 9.53 Å². The summed E-state index contributed by atoms with van der Waals surface area (Å²) < 4.78 is 6.09. The molecule has 1 aromatic rings. The maximum atomic E-state index is 11.7. The predicted octanol–water partition coefficient (Wildman–Crippen LogP) is 0.771. The lowest BCUT2D eigenvalue weighted by atomic mass is 10.2. The van der Waals surface area contributed by atoms with E-state index < -0.39 is 0 Å². The molecule has 1 amide bonds. The van der Waals surface area contributed by atoms with E-state index in [0.717, 1.165) is 4.47 Å². The van der Waals surface area contributed by atoms with Crippen molar-refractivity contribution in [2.45, 2.75) is 6.04 Å². The molecule has 1 aromatic heterocycles. The van der Waals surface area contributed by atoms with Crippen molar-refractivity contribution in [1.82, 2.24) is 10.3 Å². The summed E-state index contributed by atoms with van der Waals surface area (Å²) in [6, 6.07) is 3.28. The van der Waals surface area contributed by atoms with Crippen LogP contribution in [0.4, 0.5) is 5.82 Å². The molecule has 2 rings (SSSR count). The predicted molar refractivity (Wildman–Crippen MR) is 63.2 cm³/mol. The average molecular weight is 286 g/mol. The first kappa shape index (κ1) is 11.5. The van der Waals surface area contributed by atoms with Crippen LogP contribution in [0.25, 0.3) is 0 Å². The number of nitrogens with one attached hydrogen (secondary N) is 2. The van der Waals surface area contributed by atoms with E-state index in [1.54, 1.807) is 12.3 Å². The molecule has 0 saturated carbocycles. The molecule has 6 heteroatoms. The zero-order chi connectivity index (χ0) is 11.4. The number of aromatic nitrogens is 1. The second-order valence-electron chi connectivity index (χ2n) is 3.43. The fraction of sp³-hybridized carbons (Fsp3) is 0.400. The number of nitrogens with zero attached hydrogens (tertiary/aromatic N) is 1. The van der Waals surface area contributed by atoms with Gasteiger partial charge in [0.05, 0.1) is 13.2 Å². The molecule has 1 unspecified atom stereocenters. The largest absolute Gasteiger partial charge is 0.378 e. The van der Waals surface area contributed by atoms with Crippen molar-refractivity contribution in [3.63, 3.8) is 0 Å². The highest BCUT2D eigenvalue weighted by atomic mass is 79.9. The number of ether oxygens (including phenoxy) is 1. The number of pyridine rings is 1. The lowest BCUT2D eigenvalue weighted by molar-refractivity contribution is -0.120. The molecule has 0 bridgehead atoms. The maximum absolute atomic E-state index is 11.7. The Balaban J connectivity index is 1.93. The number of hydrogen-bond donors (Lipinski definition) is 2. The lowest BCUT2D eigenvalue weighted by Crippen LogP contribution is -2.48. The first-order chi connectivity index (χ1) is 7.75. The van der Waals surface area contributed by atoms with Crippen molar-refractivity contribution in [3.8, 4) is 0 Å². The summed E-state index contributed by atoms with van der Waals surface area (Å²) >= 11 is 3.28. The van der Waals surface area contributed by atoms with Crippen LogP contribution >= 0.6 is 15.9 Å². The molecule has 5 nitrogen and oxygen atoms in total. The van der Waals surface area contributed by atoms with Gasteiger partial charge in [-0.2, -0.15) is 0 Å². The Morgan fingerprint density at radius 1 is 1.62 bits per heavy atom. The Labute approximate surface area is 102 Å². The van der Waals surface area contributed by atoms with Crippen LogP contribution in [0, 0.1) is 0 Å². The molecular weight excluding hydrogens is 274 g/mol. The Hall–Kier alpha value is -0.980. The van der Waals surface area contributed by atoms with Gasteiger partial charge in [-0.3, -0.25) is 4.79 Å². The topological polar surface area (TPSA) is 63.2 Å². The van der Waals surface area contributed by atoms with Gasteiger partial charge in [-0.25, -0.2) is 4.98 Å². The van der Waals surface area contributed by atoms with Gasteiger partial charge in [-0.05, 0) is 28.1 Å². The van der Waals surface area contributed by atoms with Crippen LogP contribution in [0.5, 0.6) is 0 Å². The zero-order valence-electron chi connectivity index (χ0n) is 8.57. The lowest BCUT2D eigenvalue weighted by Gasteiger charge is -2.22. The van der Waals surface area contributed by atoms with Gasteiger partial charge < -0.3 is 15.4 Å². The number of carbonyl (C=O) groups excluding carboxylic acids is 1. The fourth-order valence-corrected chi connectivity index (χ4v) is 1.63. The second kappa shape index (κ2) is 5.38. The quantitative estimate of drug-likeness (QED) is 0.843. The fourth-order valence-electron chi connectivity index (χ4n) is 1.40. The molecule has 86 valence electrons. The molecule has 0 spiro atoms. The summed E-state index contributed by atoms with van der Waals surface area (Å²) in [6.07, 6.45) is 1.64. The van der Waals surface area contributed by atoms with Gasteiger partial charge in [0, 0.05) is 17.2 Å². The van der Waals surface area contributed by atoms with Crippen molar-refractivity contribution in [1.29, 1.82) is 0 Å². The molecule has 0 aromatic carbocycles. The molecule has 0 aliphatic carbocycles. The minimum Gasteiger partial charge on any atom is -0.378 e. The molecule has 0 radical (unpaired) electrons. The molecule has 1 saturated heterocycles. The van der Waals surface area contributed by atoms with Gasteiger partial charge >= 0.3 is 0 Å². The highest BCUT2D eigenvalue weighted by molar-refractivity contribution is 9.10. The van der Waals surface area contributed by atoms with Gasteiger partial charge in [0.2, 0.25) is 5.91 Å². The number of amides is 1. The monoisotopic (exact) mass is 285 g/mol. The van der Waals surface area contributed by atoms with E-state index in [4.69, 9.17) is 4.74 Å². The molecule has 1 aliphatic heterocycles. The van der Waals surface area contributed by atoms with E-state index >= 15 is 0 Å². The maximum Gasteiger partial charge on any atom is 0.245 e. The molecule has 1 atom stereocenters. The van der Waals surface area contributed by atoms with Crippen LogP contribution in [-0.4, -0.2) is 36.7 Å². The van der Waals surface area contributed by atoms with Gasteiger partial charge in [-0.1, -0.05) is 0 Å². The number of hydrogen-bond acceptors (Lipinski definition) is 4. The molecule has 2 N–H and O–H groups in total. The van der Waals surface area contributed by atoms with Gasteiger partial charge in [0.1, 0.15) is 11.9 Å². The number of carbonyl (C=O) groups is 1. The van der Waals surface area contributed by atoms with E-state index in [-0.39, 0.29) is 11.9 Å². The third kappa shape index (κ3) is 3.01. The highest BCUT2D eigenvalue weighted by Crippen LogP contribution is 2.10. The third-order valence-corrected chi connectivity index (χ3v) is 2.69. The Bertz CT molecular complexity index is 363. The number of morpholine rings is 1. The normalized spacial score (nSPS) is 20.4. The number of rotatable bonds is 2. The van der Waals surface area contributed by atoms with E-state index in [1.165, 1.54) is 0 Å². The van der Waals surface area contributed by atoms with Crippen molar-refractivity contribution >= 4 is 27.7 Å². The minimum absolute atomic E-state index is 0.116. The van der Waals surface area contributed by atoms with Crippen LogP contribution < -0.4 is 10.6 Å². The summed E-state index contributed by atoms with van der Waals surface area (Å²) in [4.78, 5) is 15.8. The summed E-state index contributed by atoms with van der Waals surface area (Å²) in [5, 5.41) is 5.80. The first-order valence-corrected chi connectivity index (χ1v) is 5.78. The number of halogens is 1. The van der Waals surface area contributed by atoms with Crippen LogP contribution in [0.3, 0.4) is 0 Å². The van der Waals surface area contributed by atoms with Crippen LogP contribution in [0.15, 0.2) is 22.8 Å². The van der Waals surface area contributed by atoms with Gasteiger partial charge in [0.25, 0.3) is 0 Å². The standard InChI is InChI=1S/C10H12BrN3O2/c11-7-1-2-9(13-5-7)14-10(15)8-6-16-4-3-12-8/h1-2,5,8,12H,3-4,6H2,(H,13,14,15). The summed E-state index contributed by atoms with van der Waals surface area (Å²) in [6.45, 7) is 1.76. The summed E-state index contributed by atoms with van der Waals surface area (Å²) in [5.41, 5.74) is 0. The highest BCUT2D eigenvalue weighted by Gasteiger charge is 2.21. The van der Waals surface area contributed by atoms with E-state index in [9.17, 15) is 4.79 Å². The average Bonchev–Trinajstić information content (AvgIpc) is 2.33. The van der Waals surface area contributed by atoms with E-state index in [2.05, 4.69) is 31.5 Å². The second-order valence-corrected chi connectivity index (χ2v) is 4.35. The van der Waals surface area contributed by atoms with Gasteiger partial charge in [0.15, 0.2) is 0 Å². The summed E-state index contributed by atoms with van der Waals surface area (Å²) in [7, 11) is 0. The number of anilines is 1. The zero-order valence-corrected chi connectivity index (χ0v) is 10.2. The third-order valence-electron chi connectivity index (χ3n) is 2.22. The van der Waals surface area contributed by atoms with Crippen LogP contribution in [-0.2, 0) is 9.53 Å². The molecule has 16 heavy (non-hydrogen) atoms. The molecule has 1 aliphatic rings. The van der Waals surface area contributed by atoms with Crippen molar-refractivity contribution in [2.75, 3.05) is 25.1 Å². The minimum atomic E-state index is -0.292.